The Morgan fingerprint density at radius 2 is 2.26 bits per heavy atom. The summed E-state index contributed by atoms with van der Waals surface area (Å²) in [5.74, 6) is 0.0324. The highest BCUT2D eigenvalue weighted by Gasteiger charge is 2.23. The molecule has 0 radical (unpaired) electrons. The average molecular weight is 284 g/mol. The lowest BCUT2D eigenvalue weighted by atomic mass is 10.0. The van der Waals surface area contributed by atoms with Crippen LogP contribution < -0.4 is 10.1 Å². The van der Waals surface area contributed by atoms with Crippen LogP contribution in [0, 0.1) is 5.92 Å². The standard InChI is InChI=1S/C14H18ClNO3/c1-8(2)12(14(17)18)16-7-10-6-11(15)5-9-3-4-19-13(9)10/h5-6,8,12,16H,3-4,7H2,1-2H3,(H,17,18). The van der Waals surface area contributed by atoms with Crippen molar-refractivity contribution >= 4 is 17.6 Å². The molecule has 0 bridgehead atoms. The summed E-state index contributed by atoms with van der Waals surface area (Å²) < 4.78 is 5.59. The Morgan fingerprint density at radius 3 is 2.89 bits per heavy atom. The van der Waals surface area contributed by atoms with Gasteiger partial charge in [-0.25, -0.2) is 0 Å². The van der Waals surface area contributed by atoms with E-state index >= 15 is 0 Å². The summed E-state index contributed by atoms with van der Waals surface area (Å²) in [6, 6.07) is 3.17. The number of nitrogens with one attached hydrogen (secondary N) is 1. The van der Waals surface area contributed by atoms with Gasteiger partial charge in [-0.05, 0) is 23.6 Å². The molecule has 1 heterocycles. The summed E-state index contributed by atoms with van der Waals surface area (Å²) in [6.07, 6.45) is 0.857. The minimum absolute atomic E-state index is 0.0191. The SMILES string of the molecule is CC(C)C(NCc1cc(Cl)cc2c1OCC2)C(=O)O. The van der Waals surface area contributed by atoms with Gasteiger partial charge >= 0.3 is 5.97 Å². The molecule has 1 aromatic carbocycles. The molecule has 19 heavy (non-hydrogen) atoms. The zero-order chi connectivity index (χ0) is 14.0. The number of hydrogen-bond donors (Lipinski definition) is 2. The van der Waals surface area contributed by atoms with Gasteiger partial charge in [0.25, 0.3) is 0 Å². The molecule has 0 saturated heterocycles. The predicted molar refractivity (Wildman–Crippen MR) is 73.8 cm³/mol. The van der Waals surface area contributed by atoms with Gasteiger partial charge in [-0.15, -0.1) is 0 Å². The molecule has 1 aliphatic heterocycles. The summed E-state index contributed by atoms with van der Waals surface area (Å²) in [5.41, 5.74) is 2.02. The Morgan fingerprint density at radius 1 is 1.53 bits per heavy atom. The molecule has 1 aliphatic rings. The lowest BCUT2D eigenvalue weighted by Crippen LogP contribution is -2.40. The average Bonchev–Trinajstić information content (AvgIpc) is 2.75. The number of halogens is 1. The minimum atomic E-state index is -0.838. The predicted octanol–water partition coefficient (Wildman–Crippen LogP) is 2.47. The second-order valence-electron chi connectivity index (χ2n) is 5.09. The van der Waals surface area contributed by atoms with Crippen molar-refractivity contribution in [1.29, 1.82) is 0 Å². The summed E-state index contributed by atoms with van der Waals surface area (Å²) in [7, 11) is 0. The molecule has 0 spiro atoms. The van der Waals surface area contributed by atoms with E-state index in [1.165, 1.54) is 0 Å². The van der Waals surface area contributed by atoms with Crippen LogP contribution in [0.1, 0.15) is 25.0 Å². The molecule has 1 atom stereocenters. The molecular formula is C14H18ClNO3. The third kappa shape index (κ3) is 3.19. The van der Waals surface area contributed by atoms with E-state index in [-0.39, 0.29) is 5.92 Å². The Balaban J connectivity index is 2.14. The first-order valence-corrected chi connectivity index (χ1v) is 6.77. The number of carboxylic acid groups (broad SMARTS) is 1. The molecule has 0 aliphatic carbocycles. The molecule has 5 heteroatoms. The topological polar surface area (TPSA) is 58.6 Å². The molecule has 104 valence electrons. The Labute approximate surface area is 117 Å². The van der Waals surface area contributed by atoms with Gasteiger partial charge in [0.05, 0.1) is 6.61 Å². The molecule has 2 rings (SSSR count). The van der Waals surface area contributed by atoms with Crippen LogP contribution in [0.15, 0.2) is 12.1 Å². The van der Waals surface area contributed by atoms with Gasteiger partial charge in [0.2, 0.25) is 0 Å². The zero-order valence-corrected chi connectivity index (χ0v) is 11.8. The fourth-order valence-electron chi connectivity index (χ4n) is 2.31. The Hall–Kier alpha value is -1.26. The Bertz CT molecular complexity index is 488. The maximum atomic E-state index is 11.1. The van der Waals surface area contributed by atoms with E-state index < -0.39 is 12.0 Å². The van der Waals surface area contributed by atoms with E-state index in [2.05, 4.69) is 5.32 Å². The number of ether oxygens (including phenoxy) is 1. The second kappa shape index (κ2) is 5.80. The van der Waals surface area contributed by atoms with Gasteiger partial charge in [0, 0.05) is 23.6 Å². The normalized spacial score (nSPS) is 15.2. The maximum Gasteiger partial charge on any atom is 0.320 e. The van der Waals surface area contributed by atoms with E-state index in [1.807, 2.05) is 26.0 Å². The van der Waals surface area contributed by atoms with Crippen molar-refractivity contribution < 1.29 is 14.6 Å². The van der Waals surface area contributed by atoms with Crippen LogP contribution in [-0.4, -0.2) is 23.7 Å². The van der Waals surface area contributed by atoms with E-state index in [1.54, 1.807) is 0 Å². The van der Waals surface area contributed by atoms with Gasteiger partial charge in [0.15, 0.2) is 0 Å². The smallest absolute Gasteiger partial charge is 0.320 e. The van der Waals surface area contributed by atoms with Crippen molar-refractivity contribution in [2.75, 3.05) is 6.61 Å². The maximum absolute atomic E-state index is 11.1. The van der Waals surface area contributed by atoms with Crippen molar-refractivity contribution in [2.24, 2.45) is 5.92 Å². The number of carbonyl (C=O) groups is 1. The fraction of sp³-hybridized carbons (Fsp3) is 0.500. The van der Waals surface area contributed by atoms with Crippen LogP contribution in [0.25, 0.3) is 0 Å². The van der Waals surface area contributed by atoms with Gasteiger partial charge in [-0.1, -0.05) is 25.4 Å². The van der Waals surface area contributed by atoms with Crippen LogP contribution in [0.4, 0.5) is 0 Å². The van der Waals surface area contributed by atoms with Gasteiger partial charge in [-0.2, -0.15) is 0 Å². The van der Waals surface area contributed by atoms with Crippen LogP contribution in [-0.2, 0) is 17.8 Å². The zero-order valence-electron chi connectivity index (χ0n) is 11.1. The van der Waals surface area contributed by atoms with Gasteiger partial charge in [-0.3, -0.25) is 10.1 Å². The molecular weight excluding hydrogens is 266 g/mol. The van der Waals surface area contributed by atoms with Crippen molar-refractivity contribution in [2.45, 2.75) is 32.9 Å². The second-order valence-corrected chi connectivity index (χ2v) is 5.53. The molecule has 2 N–H and O–H groups in total. The largest absolute Gasteiger partial charge is 0.493 e. The number of benzene rings is 1. The van der Waals surface area contributed by atoms with Crippen molar-refractivity contribution in [3.63, 3.8) is 0 Å². The molecule has 0 amide bonds. The van der Waals surface area contributed by atoms with Crippen LogP contribution in [0.5, 0.6) is 5.75 Å². The highest BCUT2D eigenvalue weighted by Crippen LogP contribution is 2.32. The van der Waals surface area contributed by atoms with Crippen molar-refractivity contribution in [3.8, 4) is 5.75 Å². The van der Waals surface area contributed by atoms with E-state index in [9.17, 15) is 4.79 Å². The van der Waals surface area contributed by atoms with Crippen molar-refractivity contribution in [3.05, 3.63) is 28.3 Å². The lowest BCUT2D eigenvalue weighted by Gasteiger charge is -2.19. The molecule has 1 unspecified atom stereocenters. The highest BCUT2D eigenvalue weighted by atomic mass is 35.5. The van der Waals surface area contributed by atoms with E-state index in [0.717, 1.165) is 23.3 Å². The lowest BCUT2D eigenvalue weighted by molar-refractivity contribution is -0.140. The minimum Gasteiger partial charge on any atom is -0.493 e. The van der Waals surface area contributed by atoms with Crippen LogP contribution >= 0.6 is 11.6 Å². The fourth-order valence-corrected chi connectivity index (χ4v) is 2.57. The number of aliphatic carboxylic acids is 1. The summed E-state index contributed by atoms with van der Waals surface area (Å²) in [5, 5.41) is 12.9. The first kappa shape index (κ1) is 14.2. The number of fused-ring (bicyclic) bond motifs is 1. The first-order chi connectivity index (χ1) is 8.99. The summed E-state index contributed by atoms with van der Waals surface area (Å²) in [6.45, 7) is 4.86. The third-order valence-electron chi connectivity index (χ3n) is 3.27. The molecule has 1 aromatic rings. The number of hydrogen-bond acceptors (Lipinski definition) is 3. The quantitative estimate of drug-likeness (QED) is 0.872. The monoisotopic (exact) mass is 283 g/mol. The molecule has 0 saturated carbocycles. The number of rotatable bonds is 5. The van der Waals surface area contributed by atoms with Crippen LogP contribution in [0.3, 0.4) is 0 Å². The van der Waals surface area contributed by atoms with Crippen molar-refractivity contribution in [1.82, 2.24) is 5.32 Å². The van der Waals surface area contributed by atoms with Crippen LogP contribution in [0.2, 0.25) is 5.02 Å². The molecule has 0 aromatic heterocycles. The first-order valence-electron chi connectivity index (χ1n) is 6.39. The van der Waals surface area contributed by atoms with E-state index in [0.29, 0.717) is 18.2 Å². The Kier molecular flexibility index (Phi) is 4.32. The third-order valence-corrected chi connectivity index (χ3v) is 3.49. The van der Waals surface area contributed by atoms with Gasteiger partial charge < -0.3 is 9.84 Å². The van der Waals surface area contributed by atoms with E-state index in [4.69, 9.17) is 21.4 Å². The summed E-state index contributed by atoms with van der Waals surface area (Å²) in [4.78, 5) is 11.1. The summed E-state index contributed by atoms with van der Waals surface area (Å²) >= 11 is 6.07. The molecule has 0 fully saturated rings. The number of carboxylic acids is 1. The highest BCUT2D eigenvalue weighted by molar-refractivity contribution is 6.30. The van der Waals surface area contributed by atoms with Gasteiger partial charge in [0.1, 0.15) is 11.8 Å². The molecule has 4 nitrogen and oxygen atoms in total.